The lowest BCUT2D eigenvalue weighted by atomic mass is 10.1. The summed E-state index contributed by atoms with van der Waals surface area (Å²) < 4.78 is 1.69. The quantitative estimate of drug-likeness (QED) is 0.810. The summed E-state index contributed by atoms with van der Waals surface area (Å²) in [4.78, 5) is 25.0. The third-order valence-corrected chi connectivity index (χ3v) is 3.80. The van der Waals surface area contributed by atoms with Gasteiger partial charge in [0.2, 0.25) is 0 Å². The summed E-state index contributed by atoms with van der Waals surface area (Å²) in [6.45, 7) is 7.47. The van der Waals surface area contributed by atoms with Crippen LogP contribution in [0.25, 0.3) is 0 Å². The van der Waals surface area contributed by atoms with Crippen molar-refractivity contribution >= 4 is 11.8 Å². The van der Waals surface area contributed by atoms with Crippen LogP contribution >= 0.6 is 0 Å². The van der Waals surface area contributed by atoms with Gasteiger partial charge in [-0.1, -0.05) is 6.92 Å². The molecule has 5 nitrogen and oxygen atoms in total. The Kier molecular flexibility index (Phi) is 4.60. The number of hydrogen-bond acceptors (Lipinski definition) is 3. The highest BCUT2D eigenvalue weighted by atomic mass is 16.4. The predicted molar refractivity (Wildman–Crippen MR) is 76.2 cm³/mol. The first-order valence-corrected chi connectivity index (χ1v) is 7.14. The van der Waals surface area contributed by atoms with Crippen LogP contribution in [-0.4, -0.2) is 46.0 Å². The maximum absolute atomic E-state index is 11.4. The molecule has 1 unspecified atom stereocenters. The molecule has 1 fully saturated rings. The number of carbonyl (C=O) groups is 2. The number of nitrogens with zero attached hydrogens (tertiary/aromatic N) is 2. The number of rotatable bonds is 6. The molecular formula is C15H22N2O3. The Hall–Kier alpha value is -1.62. The van der Waals surface area contributed by atoms with E-state index in [1.165, 1.54) is 25.8 Å². The maximum atomic E-state index is 11.4. The molecule has 1 saturated heterocycles. The molecule has 0 spiro atoms. The van der Waals surface area contributed by atoms with E-state index in [-0.39, 0.29) is 11.5 Å². The van der Waals surface area contributed by atoms with Gasteiger partial charge in [-0.25, -0.2) is 4.79 Å². The Morgan fingerprint density at radius 2 is 1.95 bits per heavy atom. The van der Waals surface area contributed by atoms with Gasteiger partial charge in [-0.3, -0.25) is 4.79 Å². The molecule has 0 bridgehead atoms. The maximum Gasteiger partial charge on any atom is 0.352 e. The average molecular weight is 278 g/mol. The first-order chi connectivity index (χ1) is 9.47. The minimum Gasteiger partial charge on any atom is -0.477 e. The van der Waals surface area contributed by atoms with Gasteiger partial charge in [0.15, 0.2) is 5.78 Å². The van der Waals surface area contributed by atoms with Gasteiger partial charge in [-0.2, -0.15) is 0 Å². The normalized spacial score (nSPS) is 17.3. The summed E-state index contributed by atoms with van der Waals surface area (Å²) in [6, 6.07) is 1.47. The topological polar surface area (TPSA) is 62.5 Å². The minimum absolute atomic E-state index is 0.0987. The van der Waals surface area contributed by atoms with E-state index in [1.807, 2.05) is 0 Å². The van der Waals surface area contributed by atoms with E-state index in [4.69, 9.17) is 0 Å². The van der Waals surface area contributed by atoms with Crippen molar-refractivity contribution < 1.29 is 14.7 Å². The lowest BCUT2D eigenvalue weighted by Gasteiger charge is -2.21. The van der Waals surface area contributed by atoms with Crippen LogP contribution in [0.15, 0.2) is 12.3 Å². The SMILES string of the molecule is CC(=O)c1cc(C(=O)O)n(CC(C)CN2CCCC2)c1. The molecule has 0 amide bonds. The fraction of sp³-hybridized carbons (Fsp3) is 0.600. The second-order valence-corrected chi connectivity index (χ2v) is 5.74. The third kappa shape index (κ3) is 3.48. The number of likely N-dealkylation sites (tertiary alicyclic amines) is 1. The van der Waals surface area contributed by atoms with E-state index in [0.717, 1.165) is 19.6 Å². The summed E-state index contributed by atoms with van der Waals surface area (Å²) in [7, 11) is 0. The molecule has 0 aliphatic carbocycles. The molecule has 5 heteroatoms. The van der Waals surface area contributed by atoms with Gasteiger partial charge >= 0.3 is 5.97 Å². The summed E-state index contributed by atoms with van der Waals surface area (Å²) in [6.07, 6.45) is 4.17. The highest BCUT2D eigenvalue weighted by Crippen LogP contribution is 2.15. The van der Waals surface area contributed by atoms with Crippen LogP contribution in [0.3, 0.4) is 0 Å². The largest absolute Gasteiger partial charge is 0.477 e. The molecule has 1 N–H and O–H groups in total. The monoisotopic (exact) mass is 278 g/mol. The molecule has 20 heavy (non-hydrogen) atoms. The van der Waals surface area contributed by atoms with Crippen molar-refractivity contribution in [1.82, 2.24) is 9.47 Å². The van der Waals surface area contributed by atoms with E-state index in [9.17, 15) is 14.7 Å². The Bertz CT molecular complexity index is 501. The van der Waals surface area contributed by atoms with Crippen LogP contribution in [0, 0.1) is 5.92 Å². The Balaban J connectivity index is 2.06. The van der Waals surface area contributed by atoms with Crippen molar-refractivity contribution in [3.63, 3.8) is 0 Å². The summed E-state index contributed by atoms with van der Waals surface area (Å²) in [5, 5.41) is 9.22. The molecular weight excluding hydrogens is 256 g/mol. The molecule has 1 aromatic heterocycles. The fourth-order valence-electron chi connectivity index (χ4n) is 2.83. The van der Waals surface area contributed by atoms with E-state index < -0.39 is 5.97 Å². The van der Waals surface area contributed by atoms with Gasteiger partial charge in [0.1, 0.15) is 5.69 Å². The number of aromatic carboxylic acids is 1. The standard InChI is InChI=1S/C15H22N2O3/c1-11(8-16-5-3-4-6-16)9-17-10-13(12(2)18)7-14(17)15(19)20/h7,10-11H,3-6,8-9H2,1-2H3,(H,19,20). The molecule has 1 aliphatic rings. The van der Waals surface area contributed by atoms with Gasteiger partial charge in [0, 0.05) is 24.8 Å². The zero-order valence-corrected chi connectivity index (χ0v) is 12.1. The number of carboxylic acid groups (broad SMARTS) is 1. The highest BCUT2D eigenvalue weighted by molar-refractivity contribution is 5.97. The molecule has 1 aliphatic heterocycles. The molecule has 0 radical (unpaired) electrons. The highest BCUT2D eigenvalue weighted by Gasteiger charge is 2.19. The fourth-order valence-corrected chi connectivity index (χ4v) is 2.83. The van der Waals surface area contributed by atoms with Crippen LogP contribution < -0.4 is 0 Å². The number of hydrogen-bond donors (Lipinski definition) is 1. The first kappa shape index (κ1) is 14.8. The molecule has 0 aromatic carbocycles. The van der Waals surface area contributed by atoms with E-state index in [1.54, 1.807) is 10.8 Å². The van der Waals surface area contributed by atoms with Crippen molar-refractivity contribution in [3.05, 3.63) is 23.5 Å². The van der Waals surface area contributed by atoms with Crippen LogP contribution in [0.5, 0.6) is 0 Å². The Morgan fingerprint density at radius 3 is 2.50 bits per heavy atom. The van der Waals surface area contributed by atoms with E-state index >= 15 is 0 Å². The number of aromatic nitrogens is 1. The number of carboxylic acids is 1. The summed E-state index contributed by atoms with van der Waals surface area (Å²) in [5.41, 5.74) is 0.666. The molecule has 2 heterocycles. The van der Waals surface area contributed by atoms with Crippen molar-refractivity contribution in [2.45, 2.75) is 33.2 Å². The predicted octanol–water partition coefficient (Wildman–Crippen LogP) is 2.12. The van der Waals surface area contributed by atoms with Crippen LogP contribution in [0.1, 0.15) is 47.5 Å². The Labute approximate surface area is 119 Å². The van der Waals surface area contributed by atoms with Gasteiger partial charge in [-0.15, -0.1) is 0 Å². The van der Waals surface area contributed by atoms with E-state index in [0.29, 0.717) is 18.0 Å². The molecule has 0 saturated carbocycles. The number of Topliss-reactive ketones (excluding diaryl/α,β-unsaturated/α-hetero) is 1. The van der Waals surface area contributed by atoms with Crippen LogP contribution in [0.4, 0.5) is 0 Å². The number of carbonyl (C=O) groups excluding carboxylic acids is 1. The van der Waals surface area contributed by atoms with Crippen molar-refractivity contribution in [3.8, 4) is 0 Å². The van der Waals surface area contributed by atoms with Crippen molar-refractivity contribution in [2.24, 2.45) is 5.92 Å². The van der Waals surface area contributed by atoms with E-state index in [2.05, 4.69) is 11.8 Å². The second-order valence-electron chi connectivity index (χ2n) is 5.74. The van der Waals surface area contributed by atoms with Crippen LogP contribution in [-0.2, 0) is 6.54 Å². The summed E-state index contributed by atoms with van der Waals surface area (Å²) >= 11 is 0. The summed E-state index contributed by atoms with van der Waals surface area (Å²) in [5.74, 6) is -0.720. The lowest BCUT2D eigenvalue weighted by Crippen LogP contribution is -2.28. The molecule has 2 rings (SSSR count). The lowest BCUT2D eigenvalue weighted by molar-refractivity contribution is 0.0683. The van der Waals surface area contributed by atoms with Gasteiger partial charge < -0.3 is 14.6 Å². The zero-order valence-electron chi connectivity index (χ0n) is 12.1. The van der Waals surface area contributed by atoms with Gasteiger partial charge in [0.05, 0.1) is 0 Å². The Morgan fingerprint density at radius 1 is 1.30 bits per heavy atom. The van der Waals surface area contributed by atoms with Crippen molar-refractivity contribution in [2.75, 3.05) is 19.6 Å². The smallest absolute Gasteiger partial charge is 0.352 e. The molecule has 1 atom stereocenters. The second kappa shape index (κ2) is 6.22. The molecule has 110 valence electrons. The van der Waals surface area contributed by atoms with Gasteiger partial charge in [-0.05, 0) is 44.8 Å². The number of ketones is 1. The van der Waals surface area contributed by atoms with Crippen LogP contribution in [0.2, 0.25) is 0 Å². The van der Waals surface area contributed by atoms with Crippen molar-refractivity contribution in [1.29, 1.82) is 0 Å². The third-order valence-electron chi connectivity index (χ3n) is 3.80. The van der Waals surface area contributed by atoms with Gasteiger partial charge in [0.25, 0.3) is 0 Å². The first-order valence-electron chi connectivity index (χ1n) is 7.14. The minimum atomic E-state index is -0.981. The average Bonchev–Trinajstić information content (AvgIpc) is 2.98. The molecule has 1 aromatic rings. The zero-order chi connectivity index (χ0) is 14.7.